The Morgan fingerprint density at radius 1 is 1.54 bits per heavy atom. The molecule has 0 radical (unpaired) electrons. The van der Waals surface area contributed by atoms with Crippen molar-refractivity contribution >= 4 is 5.78 Å². The van der Waals surface area contributed by atoms with E-state index in [1.54, 1.807) is 0 Å². The fourth-order valence-electron chi connectivity index (χ4n) is 3.01. The van der Waals surface area contributed by atoms with Crippen LogP contribution in [0.1, 0.15) is 20.3 Å². The van der Waals surface area contributed by atoms with Crippen LogP contribution in [-0.2, 0) is 14.3 Å². The van der Waals surface area contributed by atoms with Crippen molar-refractivity contribution in [1.29, 1.82) is 0 Å². The second-order valence-electron chi connectivity index (χ2n) is 4.77. The number of rotatable bonds is 0. The summed E-state index contributed by atoms with van der Waals surface area (Å²) in [5.41, 5.74) is -0.236. The number of carbonyl (C=O) groups excluding carboxylic acids is 1. The van der Waals surface area contributed by atoms with Gasteiger partial charge in [0.15, 0.2) is 5.78 Å². The van der Waals surface area contributed by atoms with Gasteiger partial charge < -0.3 is 9.47 Å². The van der Waals surface area contributed by atoms with Gasteiger partial charge in [-0.3, -0.25) is 4.79 Å². The first-order chi connectivity index (χ1) is 6.13. The summed E-state index contributed by atoms with van der Waals surface area (Å²) in [5.74, 6) is 0.689. The van der Waals surface area contributed by atoms with Crippen LogP contribution in [0.25, 0.3) is 0 Å². The van der Waals surface area contributed by atoms with E-state index < -0.39 is 0 Å². The molecule has 0 aromatic rings. The monoisotopic (exact) mass is 182 g/mol. The molecule has 3 aliphatic heterocycles. The molecule has 2 bridgehead atoms. The number of carbonyl (C=O) groups is 1. The quantitative estimate of drug-likeness (QED) is 0.555. The van der Waals surface area contributed by atoms with E-state index in [4.69, 9.17) is 9.47 Å². The minimum atomic E-state index is -0.236. The van der Waals surface area contributed by atoms with E-state index in [1.807, 2.05) is 6.92 Å². The summed E-state index contributed by atoms with van der Waals surface area (Å²) in [5, 5.41) is 0. The van der Waals surface area contributed by atoms with Crippen LogP contribution >= 0.6 is 0 Å². The molecule has 5 atom stereocenters. The second kappa shape index (κ2) is 2.15. The zero-order valence-corrected chi connectivity index (χ0v) is 7.95. The lowest BCUT2D eigenvalue weighted by Gasteiger charge is -2.41. The highest BCUT2D eigenvalue weighted by atomic mass is 16.6. The third kappa shape index (κ3) is 0.754. The van der Waals surface area contributed by atoms with Crippen molar-refractivity contribution in [2.45, 2.75) is 38.6 Å². The van der Waals surface area contributed by atoms with Crippen molar-refractivity contribution in [1.82, 2.24) is 0 Å². The van der Waals surface area contributed by atoms with Gasteiger partial charge in [-0.15, -0.1) is 0 Å². The summed E-state index contributed by atoms with van der Waals surface area (Å²) < 4.78 is 11.3. The summed E-state index contributed by atoms with van der Waals surface area (Å²) >= 11 is 0. The van der Waals surface area contributed by atoms with Gasteiger partial charge in [-0.05, 0) is 13.3 Å². The highest BCUT2D eigenvalue weighted by Gasteiger charge is 2.64. The molecule has 72 valence electrons. The summed E-state index contributed by atoms with van der Waals surface area (Å²) in [7, 11) is 0. The normalized spacial score (nSPS) is 58.8. The van der Waals surface area contributed by atoms with Crippen LogP contribution in [0.15, 0.2) is 0 Å². The van der Waals surface area contributed by atoms with Gasteiger partial charge >= 0.3 is 0 Å². The van der Waals surface area contributed by atoms with Gasteiger partial charge in [-0.2, -0.15) is 0 Å². The maximum Gasteiger partial charge on any atom is 0.167 e. The molecule has 0 saturated carbocycles. The molecule has 3 nitrogen and oxygen atoms in total. The molecule has 3 heteroatoms. The number of Topliss-reactive ketones (excluding diaryl/α,β-unsaturated/α-hetero) is 1. The maximum atomic E-state index is 11.7. The zero-order valence-electron chi connectivity index (χ0n) is 7.95. The van der Waals surface area contributed by atoms with E-state index in [2.05, 4.69) is 6.92 Å². The van der Waals surface area contributed by atoms with E-state index >= 15 is 0 Å². The Morgan fingerprint density at radius 2 is 2.31 bits per heavy atom. The van der Waals surface area contributed by atoms with Crippen molar-refractivity contribution in [3.8, 4) is 0 Å². The molecule has 3 rings (SSSR count). The van der Waals surface area contributed by atoms with Gasteiger partial charge in [0.1, 0.15) is 6.61 Å². The largest absolute Gasteiger partial charge is 0.371 e. The van der Waals surface area contributed by atoms with Gasteiger partial charge in [0.25, 0.3) is 0 Å². The van der Waals surface area contributed by atoms with Gasteiger partial charge in [-0.25, -0.2) is 0 Å². The molecule has 3 saturated heterocycles. The average molecular weight is 182 g/mol. The van der Waals surface area contributed by atoms with E-state index in [0.717, 1.165) is 6.42 Å². The van der Waals surface area contributed by atoms with Gasteiger partial charge in [0, 0.05) is 5.92 Å². The third-order valence-corrected chi connectivity index (χ3v) is 4.02. The number of hydrogen-bond donors (Lipinski definition) is 0. The predicted octanol–water partition coefficient (Wildman–Crippen LogP) is 0.768. The SMILES string of the molecule is C[C@@H]1C2C[C@@]3(C)C(=O)COC1C3O2. The summed E-state index contributed by atoms with van der Waals surface area (Å²) in [6.45, 7) is 4.48. The Balaban J connectivity index is 2.03. The Kier molecular flexibility index (Phi) is 1.31. The summed E-state index contributed by atoms with van der Waals surface area (Å²) in [6, 6.07) is 0. The lowest BCUT2D eigenvalue weighted by Crippen LogP contribution is -2.54. The predicted molar refractivity (Wildman–Crippen MR) is 45.3 cm³/mol. The highest BCUT2D eigenvalue weighted by Crippen LogP contribution is 2.53. The van der Waals surface area contributed by atoms with Crippen LogP contribution < -0.4 is 0 Å². The van der Waals surface area contributed by atoms with Crippen molar-refractivity contribution in [3.05, 3.63) is 0 Å². The molecule has 13 heavy (non-hydrogen) atoms. The Labute approximate surface area is 77.4 Å². The molecular weight excluding hydrogens is 168 g/mol. The number of ketones is 1. The molecule has 0 spiro atoms. The average Bonchev–Trinajstić information content (AvgIpc) is 2.57. The van der Waals surface area contributed by atoms with Crippen molar-refractivity contribution in [3.63, 3.8) is 0 Å². The molecular formula is C10H14O3. The molecule has 0 aliphatic carbocycles. The van der Waals surface area contributed by atoms with E-state index in [-0.39, 0.29) is 36.1 Å². The molecule has 3 unspecified atom stereocenters. The topological polar surface area (TPSA) is 35.5 Å². The number of hydrogen-bond acceptors (Lipinski definition) is 3. The molecule has 0 N–H and O–H groups in total. The fraction of sp³-hybridized carbons (Fsp3) is 0.900. The van der Waals surface area contributed by atoms with Crippen LogP contribution in [0.4, 0.5) is 0 Å². The first-order valence-electron chi connectivity index (χ1n) is 4.93. The Morgan fingerprint density at radius 3 is 3.00 bits per heavy atom. The Bertz CT molecular complexity index is 275. The van der Waals surface area contributed by atoms with E-state index in [0.29, 0.717) is 5.92 Å². The van der Waals surface area contributed by atoms with Crippen molar-refractivity contribution in [2.24, 2.45) is 11.3 Å². The van der Waals surface area contributed by atoms with Crippen LogP contribution in [0, 0.1) is 11.3 Å². The number of ether oxygens (including phenoxy) is 2. The second-order valence-corrected chi connectivity index (χ2v) is 4.77. The Hall–Kier alpha value is -0.410. The van der Waals surface area contributed by atoms with Crippen LogP contribution in [0.2, 0.25) is 0 Å². The first kappa shape index (κ1) is 7.94. The van der Waals surface area contributed by atoms with Gasteiger partial charge in [-0.1, -0.05) is 6.92 Å². The zero-order chi connectivity index (χ0) is 9.22. The van der Waals surface area contributed by atoms with Crippen molar-refractivity contribution < 1.29 is 14.3 Å². The standard InChI is InChI=1S/C10H14O3/c1-5-6-3-10(2)7(11)4-12-8(5)9(10)13-6/h5-6,8-9H,3-4H2,1-2H3/t5-,6?,8?,9?,10+/m1/s1. The van der Waals surface area contributed by atoms with Crippen LogP contribution in [0.5, 0.6) is 0 Å². The molecule has 0 amide bonds. The lowest BCUT2D eigenvalue weighted by molar-refractivity contribution is -0.158. The lowest BCUT2D eigenvalue weighted by atomic mass is 9.67. The van der Waals surface area contributed by atoms with Crippen LogP contribution in [0.3, 0.4) is 0 Å². The maximum absolute atomic E-state index is 11.7. The number of fused-ring (bicyclic) bond motifs is 1. The first-order valence-corrected chi connectivity index (χ1v) is 4.93. The molecule has 3 fully saturated rings. The molecule has 0 aromatic heterocycles. The summed E-state index contributed by atoms with van der Waals surface area (Å²) in [4.78, 5) is 11.7. The highest BCUT2D eigenvalue weighted by molar-refractivity contribution is 5.87. The minimum Gasteiger partial charge on any atom is -0.371 e. The smallest absolute Gasteiger partial charge is 0.167 e. The molecule has 3 heterocycles. The summed E-state index contributed by atoms with van der Waals surface area (Å²) in [6.07, 6.45) is 1.36. The van der Waals surface area contributed by atoms with E-state index in [9.17, 15) is 4.79 Å². The van der Waals surface area contributed by atoms with E-state index in [1.165, 1.54) is 0 Å². The third-order valence-electron chi connectivity index (χ3n) is 4.02. The van der Waals surface area contributed by atoms with Gasteiger partial charge in [0.05, 0.1) is 23.7 Å². The van der Waals surface area contributed by atoms with Gasteiger partial charge in [0.2, 0.25) is 0 Å². The fourth-order valence-corrected chi connectivity index (χ4v) is 3.01. The molecule has 0 aromatic carbocycles. The minimum absolute atomic E-state index is 0.0359. The van der Waals surface area contributed by atoms with Crippen molar-refractivity contribution in [2.75, 3.05) is 6.61 Å². The molecule has 3 aliphatic rings. The van der Waals surface area contributed by atoms with Crippen LogP contribution in [-0.4, -0.2) is 30.7 Å².